The molecule has 0 amide bonds. The molecule has 3 aliphatic rings. The summed E-state index contributed by atoms with van der Waals surface area (Å²) in [5.41, 5.74) is 2.30. The van der Waals surface area contributed by atoms with Crippen molar-refractivity contribution in [3.63, 3.8) is 0 Å². The molecule has 2 fully saturated rings. The minimum Gasteiger partial charge on any atom is -0.486 e. The Labute approximate surface area is 222 Å². The number of nitro groups is 1. The summed E-state index contributed by atoms with van der Waals surface area (Å²) in [6, 6.07) is 7.91. The van der Waals surface area contributed by atoms with Crippen molar-refractivity contribution < 1.29 is 18.8 Å². The van der Waals surface area contributed by atoms with Gasteiger partial charge in [0.05, 0.1) is 29.4 Å². The standard InChI is InChI=1S/C25H29FIN5O4/c1-31-6-4-25(5-7-31)11-16(14-36-25)13-35-23-10-21-19(9-22(23)32(33)34)24(29-15-28-21)30-18-2-3-20(26)17(8-18)12-27/h2-3,8-10,16,28H,4-7,11-15H2,1H3,(H,29,30). The van der Waals surface area contributed by atoms with Gasteiger partial charge in [0.1, 0.15) is 18.3 Å². The molecule has 2 saturated heterocycles. The molecule has 0 aromatic heterocycles. The number of nitrogens with zero attached hydrogens (tertiary/aromatic N) is 3. The molecule has 192 valence electrons. The van der Waals surface area contributed by atoms with E-state index < -0.39 is 4.92 Å². The first-order valence-corrected chi connectivity index (χ1v) is 13.6. The third-order valence-corrected chi connectivity index (χ3v) is 7.99. The molecule has 0 radical (unpaired) electrons. The number of alkyl halides is 1. The van der Waals surface area contributed by atoms with E-state index in [1.54, 1.807) is 18.2 Å². The number of nitro benzene ring substituents is 1. The van der Waals surface area contributed by atoms with Crippen LogP contribution in [0.2, 0.25) is 0 Å². The van der Waals surface area contributed by atoms with Crippen LogP contribution in [0.25, 0.3) is 0 Å². The number of anilines is 2. The molecule has 1 unspecified atom stereocenters. The number of amidine groups is 1. The van der Waals surface area contributed by atoms with Gasteiger partial charge >= 0.3 is 5.69 Å². The quantitative estimate of drug-likeness (QED) is 0.210. The van der Waals surface area contributed by atoms with E-state index >= 15 is 0 Å². The number of fused-ring (bicyclic) bond motifs is 1. The van der Waals surface area contributed by atoms with E-state index in [-0.39, 0.29) is 28.8 Å². The molecule has 2 N–H and O–H groups in total. The third-order valence-electron chi connectivity index (χ3n) is 7.17. The van der Waals surface area contributed by atoms with Crippen molar-refractivity contribution in [2.24, 2.45) is 10.9 Å². The summed E-state index contributed by atoms with van der Waals surface area (Å²) < 4.78 is 26.7. The molecule has 0 bridgehead atoms. The SMILES string of the molecule is CN1CCC2(CC1)CC(COc1cc3c(cc1[N+](=O)[O-])C(Nc1ccc(F)c(CI)c1)=NCN3)CO2. The Bertz CT molecular complexity index is 1190. The highest BCUT2D eigenvalue weighted by atomic mass is 127. The fourth-order valence-electron chi connectivity index (χ4n) is 5.08. The lowest BCUT2D eigenvalue weighted by atomic mass is 9.86. The van der Waals surface area contributed by atoms with Crippen LogP contribution in [0.15, 0.2) is 35.3 Å². The summed E-state index contributed by atoms with van der Waals surface area (Å²) in [6.45, 7) is 3.32. The minimum atomic E-state index is -0.433. The van der Waals surface area contributed by atoms with Crippen LogP contribution in [-0.4, -0.2) is 61.3 Å². The first-order chi connectivity index (χ1) is 17.4. The molecule has 3 heterocycles. The first-order valence-electron chi connectivity index (χ1n) is 12.0. The summed E-state index contributed by atoms with van der Waals surface area (Å²) in [5, 5.41) is 18.3. The molecule has 5 rings (SSSR count). The van der Waals surface area contributed by atoms with Crippen LogP contribution in [0, 0.1) is 21.8 Å². The van der Waals surface area contributed by atoms with Gasteiger partial charge in [-0.15, -0.1) is 0 Å². The monoisotopic (exact) mass is 609 g/mol. The average molecular weight is 609 g/mol. The van der Waals surface area contributed by atoms with Crippen LogP contribution in [0.4, 0.5) is 21.5 Å². The van der Waals surface area contributed by atoms with Gasteiger partial charge in [0.15, 0.2) is 5.75 Å². The molecule has 0 aliphatic carbocycles. The Morgan fingerprint density at radius 3 is 2.92 bits per heavy atom. The molecule has 2 aromatic rings. The van der Waals surface area contributed by atoms with Crippen molar-refractivity contribution in [1.29, 1.82) is 0 Å². The second-order valence-electron chi connectivity index (χ2n) is 9.71. The predicted octanol–water partition coefficient (Wildman–Crippen LogP) is 4.79. The third kappa shape index (κ3) is 5.28. The van der Waals surface area contributed by atoms with Crippen molar-refractivity contribution in [2.75, 3.05) is 50.7 Å². The topological polar surface area (TPSA) is 101 Å². The van der Waals surface area contributed by atoms with Crippen LogP contribution < -0.4 is 15.4 Å². The first kappa shape index (κ1) is 25.2. The second kappa shape index (κ2) is 10.5. The van der Waals surface area contributed by atoms with Gasteiger partial charge < -0.3 is 25.0 Å². The summed E-state index contributed by atoms with van der Waals surface area (Å²) >= 11 is 2.11. The summed E-state index contributed by atoms with van der Waals surface area (Å²) in [6.07, 6.45) is 2.92. The maximum atomic E-state index is 13.9. The Morgan fingerprint density at radius 1 is 1.36 bits per heavy atom. The second-order valence-corrected chi connectivity index (χ2v) is 10.5. The minimum absolute atomic E-state index is 0.0849. The number of hydrogen-bond donors (Lipinski definition) is 2. The van der Waals surface area contributed by atoms with E-state index in [1.807, 2.05) is 0 Å². The Balaban J connectivity index is 1.32. The van der Waals surface area contributed by atoms with Crippen molar-refractivity contribution in [3.05, 3.63) is 57.4 Å². The highest BCUT2D eigenvalue weighted by Gasteiger charge is 2.42. The molecule has 36 heavy (non-hydrogen) atoms. The fraction of sp³-hybridized carbons (Fsp3) is 0.480. The molecular weight excluding hydrogens is 580 g/mol. The number of ether oxygens (including phenoxy) is 2. The van der Waals surface area contributed by atoms with E-state index in [2.05, 4.69) is 50.2 Å². The zero-order chi connectivity index (χ0) is 25.3. The number of rotatable bonds is 6. The van der Waals surface area contributed by atoms with E-state index in [1.165, 1.54) is 12.1 Å². The lowest BCUT2D eigenvalue weighted by Crippen LogP contribution is -2.42. The number of aliphatic imine (C=N–C) groups is 1. The van der Waals surface area contributed by atoms with Gasteiger partial charge in [-0.25, -0.2) is 9.38 Å². The number of likely N-dealkylation sites (tertiary alicyclic amines) is 1. The summed E-state index contributed by atoms with van der Waals surface area (Å²) in [4.78, 5) is 18.3. The van der Waals surface area contributed by atoms with Gasteiger partial charge in [-0.2, -0.15) is 0 Å². The van der Waals surface area contributed by atoms with E-state index in [9.17, 15) is 14.5 Å². The van der Waals surface area contributed by atoms with Crippen LogP contribution in [-0.2, 0) is 9.16 Å². The van der Waals surface area contributed by atoms with Crippen molar-refractivity contribution in [2.45, 2.75) is 29.3 Å². The summed E-state index contributed by atoms with van der Waals surface area (Å²) in [5.74, 6) is 0.638. The predicted molar refractivity (Wildman–Crippen MR) is 145 cm³/mol. The maximum absolute atomic E-state index is 13.9. The van der Waals surface area contributed by atoms with Gasteiger partial charge in [0.25, 0.3) is 0 Å². The number of halogens is 2. The van der Waals surface area contributed by atoms with Gasteiger partial charge in [0.2, 0.25) is 0 Å². The Hall–Kier alpha value is -2.51. The van der Waals surface area contributed by atoms with Crippen molar-refractivity contribution >= 4 is 45.5 Å². The van der Waals surface area contributed by atoms with Gasteiger partial charge in [-0.3, -0.25) is 10.1 Å². The fourth-order valence-corrected chi connectivity index (χ4v) is 5.67. The zero-order valence-electron chi connectivity index (χ0n) is 20.1. The number of piperidine rings is 1. The van der Waals surface area contributed by atoms with Crippen LogP contribution in [0.5, 0.6) is 5.75 Å². The van der Waals surface area contributed by atoms with Gasteiger partial charge in [0, 0.05) is 46.8 Å². The molecule has 2 aromatic carbocycles. The van der Waals surface area contributed by atoms with Crippen LogP contribution in [0.1, 0.15) is 30.4 Å². The molecule has 0 saturated carbocycles. The van der Waals surface area contributed by atoms with Gasteiger partial charge in [-0.05, 0) is 50.1 Å². The summed E-state index contributed by atoms with van der Waals surface area (Å²) in [7, 11) is 2.12. The number of nitrogens with one attached hydrogen (secondary N) is 2. The lowest BCUT2D eigenvalue weighted by Gasteiger charge is -2.37. The lowest BCUT2D eigenvalue weighted by molar-refractivity contribution is -0.385. The maximum Gasteiger partial charge on any atom is 0.311 e. The zero-order valence-corrected chi connectivity index (χ0v) is 22.2. The highest BCUT2D eigenvalue weighted by molar-refractivity contribution is 14.1. The van der Waals surface area contributed by atoms with Gasteiger partial charge in [-0.1, -0.05) is 22.6 Å². The van der Waals surface area contributed by atoms with Crippen molar-refractivity contribution in [3.8, 4) is 5.75 Å². The molecule has 9 nitrogen and oxygen atoms in total. The smallest absolute Gasteiger partial charge is 0.311 e. The molecular formula is C25H29FIN5O4. The molecule has 1 atom stereocenters. The number of hydrogen-bond acceptors (Lipinski definition) is 8. The van der Waals surface area contributed by atoms with E-state index in [4.69, 9.17) is 9.47 Å². The average Bonchev–Trinajstić information content (AvgIpc) is 3.28. The molecule has 3 aliphatic heterocycles. The van der Waals surface area contributed by atoms with Crippen LogP contribution >= 0.6 is 22.6 Å². The largest absolute Gasteiger partial charge is 0.486 e. The highest BCUT2D eigenvalue weighted by Crippen LogP contribution is 2.40. The van der Waals surface area contributed by atoms with E-state index in [0.29, 0.717) is 52.6 Å². The molecule has 11 heteroatoms. The van der Waals surface area contributed by atoms with E-state index in [0.717, 1.165) is 32.4 Å². The number of benzene rings is 2. The Kier molecular flexibility index (Phi) is 7.31. The molecule has 1 spiro atoms. The Morgan fingerprint density at radius 2 is 2.17 bits per heavy atom. The normalized spacial score (nSPS) is 21.0. The van der Waals surface area contributed by atoms with Crippen molar-refractivity contribution in [1.82, 2.24) is 4.90 Å². The van der Waals surface area contributed by atoms with Crippen LogP contribution in [0.3, 0.4) is 0 Å².